The van der Waals surface area contributed by atoms with E-state index in [0.717, 1.165) is 67.2 Å². The van der Waals surface area contributed by atoms with E-state index < -0.39 is 0 Å². The fourth-order valence-corrected chi connectivity index (χ4v) is 5.65. The van der Waals surface area contributed by atoms with Crippen LogP contribution in [-0.4, -0.2) is 25.7 Å². The summed E-state index contributed by atoms with van der Waals surface area (Å²) in [6, 6.07) is 27.4. The summed E-state index contributed by atoms with van der Waals surface area (Å²) in [5.74, 6) is 0.702. The summed E-state index contributed by atoms with van der Waals surface area (Å²) in [5.41, 5.74) is 7.86. The minimum atomic E-state index is -0.242. The van der Waals surface area contributed by atoms with Crippen LogP contribution in [0.3, 0.4) is 0 Å². The predicted molar refractivity (Wildman–Crippen MR) is 155 cm³/mol. The molecule has 0 radical (unpaired) electrons. The second kappa shape index (κ2) is 10.8. The standard InChI is InChI=1S/C31H30FN5S/c32-24-14-16-25(17-15-24)34-21-27-35-37-29(30(38)33-19-18-22-9-3-1-4-10-22)28(23-11-5-2-6-12-23)26-13-7-8-20-36(27)31(26)37/h1-6,9-12,14-17,34H,7-8,13,18-21H2,(H,33,38). The smallest absolute Gasteiger partial charge is 0.150 e. The number of aromatic nitrogens is 3. The largest absolute Gasteiger partial charge is 0.378 e. The number of nitrogens with one attached hydrogen (secondary N) is 2. The van der Waals surface area contributed by atoms with Gasteiger partial charge in [0, 0.05) is 29.9 Å². The quantitative estimate of drug-likeness (QED) is 0.231. The number of benzene rings is 3. The van der Waals surface area contributed by atoms with Crippen molar-refractivity contribution in [3.63, 3.8) is 0 Å². The zero-order valence-electron chi connectivity index (χ0n) is 21.2. The Balaban J connectivity index is 1.39. The van der Waals surface area contributed by atoms with E-state index in [-0.39, 0.29) is 5.82 Å². The van der Waals surface area contributed by atoms with Gasteiger partial charge in [0.15, 0.2) is 5.82 Å². The van der Waals surface area contributed by atoms with Gasteiger partial charge in [0.2, 0.25) is 0 Å². The van der Waals surface area contributed by atoms with E-state index in [4.69, 9.17) is 17.3 Å². The molecule has 38 heavy (non-hydrogen) atoms. The molecule has 5 nitrogen and oxygen atoms in total. The van der Waals surface area contributed by atoms with E-state index in [9.17, 15) is 4.39 Å². The van der Waals surface area contributed by atoms with Gasteiger partial charge in [-0.3, -0.25) is 0 Å². The molecule has 0 atom stereocenters. The Morgan fingerprint density at radius 3 is 2.42 bits per heavy atom. The van der Waals surface area contributed by atoms with E-state index >= 15 is 0 Å². The van der Waals surface area contributed by atoms with Gasteiger partial charge in [-0.15, -0.1) is 0 Å². The van der Waals surface area contributed by atoms with Gasteiger partial charge >= 0.3 is 0 Å². The van der Waals surface area contributed by atoms with Crippen molar-refractivity contribution < 1.29 is 4.39 Å². The Morgan fingerprint density at radius 1 is 0.921 bits per heavy atom. The monoisotopic (exact) mass is 523 g/mol. The molecule has 7 heteroatoms. The van der Waals surface area contributed by atoms with E-state index in [0.29, 0.717) is 11.5 Å². The number of hydrogen-bond acceptors (Lipinski definition) is 3. The minimum absolute atomic E-state index is 0.242. The Hall–Kier alpha value is -3.97. The van der Waals surface area contributed by atoms with Crippen LogP contribution in [0.15, 0.2) is 84.9 Å². The van der Waals surface area contributed by atoms with Gasteiger partial charge in [-0.1, -0.05) is 72.9 Å². The maximum absolute atomic E-state index is 13.4. The van der Waals surface area contributed by atoms with Gasteiger partial charge in [0.25, 0.3) is 0 Å². The number of anilines is 1. The van der Waals surface area contributed by atoms with Gasteiger partial charge in [0.05, 0.1) is 6.54 Å². The molecular weight excluding hydrogens is 493 g/mol. The van der Waals surface area contributed by atoms with Crippen LogP contribution in [0.1, 0.15) is 35.5 Å². The lowest BCUT2D eigenvalue weighted by Gasteiger charge is -2.12. The lowest BCUT2D eigenvalue weighted by atomic mass is 9.98. The zero-order chi connectivity index (χ0) is 25.9. The van der Waals surface area contributed by atoms with Crippen molar-refractivity contribution in [1.82, 2.24) is 19.5 Å². The first-order valence-electron chi connectivity index (χ1n) is 13.2. The van der Waals surface area contributed by atoms with Gasteiger partial charge < -0.3 is 15.2 Å². The molecule has 1 aliphatic rings. The number of nitrogens with zero attached hydrogens (tertiary/aromatic N) is 3. The third-order valence-electron chi connectivity index (χ3n) is 7.18. The fraction of sp³-hybridized carbons (Fsp3) is 0.226. The van der Waals surface area contributed by atoms with E-state index in [1.807, 2.05) is 12.1 Å². The third kappa shape index (κ3) is 4.82. The molecule has 0 saturated heterocycles. The molecule has 5 aromatic rings. The van der Waals surface area contributed by atoms with Crippen LogP contribution in [0.25, 0.3) is 16.8 Å². The lowest BCUT2D eigenvalue weighted by molar-refractivity contribution is 0.618. The summed E-state index contributed by atoms with van der Waals surface area (Å²) in [7, 11) is 0. The molecule has 192 valence electrons. The zero-order valence-corrected chi connectivity index (χ0v) is 22.0. The van der Waals surface area contributed by atoms with Crippen LogP contribution < -0.4 is 10.6 Å². The van der Waals surface area contributed by atoms with E-state index in [2.05, 4.69) is 68.2 Å². The maximum atomic E-state index is 13.4. The van der Waals surface area contributed by atoms with Crippen LogP contribution in [-0.2, 0) is 25.9 Å². The van der Waals surface area contributed by atoms with Crippen molar-refractivity contribution >= 4 is 28.5 Å². The number of hydrogen-bond donors (Lipinski definition) is 2. The van der Waals surface area contributed by atoms with Crippen molar-refractivity contribution in [3.05, 3.63) is 113 Å². The normalized spacial score (nSPS) is 12.9. The van der Waals surface area contributed by atoms with Crippen LogP contribution in [0.2, 0.25) is 0 Å². The molecule has 0 amide bonds. The SMILES string of the molecule is Fc1ccc(NCc2nn3c(C(=S)NCCc4ccccc4)c(-c4ccccc4)c4c3n2CCCC4)cc1. The molecule has 0 saturated carbocycles. The van der Waals surface area contributed by atoms with Gasteiger partial charge in [0.1, 0.15) is 22.1 Å². The Morgan fingerprint density at radius 2 is 1.66 bits per heavy atom. The van der Waals surface area contributed by atoms with Gasteiger partial charge in [-0.25, -0.2) is 8.91 Å². The van der Waals surface area contributed by atoms with Gasteiger partial charge in [-0.2, -0.15) is 5.10 Å². The first-order chi connectivity index (χ1) is 18.7. The molecule has 0 unspecified atom stereocenters. The highest BCUT2D eigenvalue weighted by molar-refractivity contribution is 7.80. The molecule has 6 rings (SSSR count). The maximum Gasteiger partial charge on any atom is 0.150 e. The molecule has 0 spiro atoms. The summed E-state index contributed by atoms with van der Waals surface area (Å²) in [6.45, 7) is 2.20. The molecule has 0 fully saturated rings. The molecular formula is C31H30FN5S. The first kappa shape index (κ1) is 24.4. The molecule has 2 N–H and O–H groups in total. The summed E-state index contributed by atoms with van der Waals surface area (Å²) < 4.78 is 17.8. The Bertz CT molecular complexity index is 1560. The molecule has 0 aliphatic carbocycles. The Kier molecular flexibility index (Phi) is 6.92. The highest BCUT2D eigenvalue weighted by Crippen LogP contribution is 2.37. The lowest BCUT2D eigenvalue weighted by Crippen LogP contribution is -2.26. The minimum Gasteiger partial charge on any atom is -0.378 e. The van der Waals surface area contributed by atoms with Crippen LogP contribution >= 0.6 is 12.2 Å². The van der Waals surface area contributed by atoms with E-state index in [1.54, 1.807) is 12.1 Å². The highest BCUT2D eigenvalue weighted by atomic mass is 32.1. The summed E-state index contributed by atoms with van der Waals surface area (Å²) >= 11 is 6.04. The predicted octanol–water partition coefficient (Wildman–Crippen LogP) is 6.40. The number of aryl methyl sites for hydroxylation is 2. The van der Waals surface area contributed by atoms with Crippen molar-refractivity contribution in [2.45, 2.75) is 38.8 Å². The summed E-state index contributed by atoms with van der Waals surface area (Å²) in [4.78, 5) is 0.712. The number of thiocarbonyl (C=S) groups is 1. The molecule has 2 aromatic heterocycles. The molecule has 0 bridgehead atoms. The summed E-state index contributed by atoms with van der Waals surface area (Å²) in [5, 5.41) is 12.0. The molecule has 1 aliphatic heterocycles. The number of rotatable bonds is 8. The van der Waals surface area contributed by atoms with Crippen LogP contribution in [0.5, 0.6) is 0 Å². The molecule has 3 aromatic carbocycles. The Labute approximate surface area is 227 Å². The van der Waals surface area contributed by atoms with Crippen molar-refractivity contribution in [1.29, 1.82) is 0 Å². The van der Waals surface area contributed by atoms with Crippen molar-refractivity contribution in [2.75, 3.05) is 11.9 Å². The fourth-order valence-electron chi connectivity index (χ4n) is 5.36. The van der Waals surface area contributed by atoms with E-state index in [1.165, 1.54) is 28.8 Å². The molecule has 3 heterocycles. The third-order valence-corrected chi connectivity index (χ3v) is 7.51. The van der Waals surface area contributed by atoms with Gasteiger partial charge in [-0.05, 0) is 61.1 Å². The summed E-state index contributed by atoms with van der Waals surface area (Å²) in [6.07, 6.45) is 4.08. The second-order valence-corrected chi connectivity index (χ2v) is 10.1. The average Bonchev–Trinajstić information content (AvgIpc) is 3.35. The van der Waals surface area contributed by atoms with Crippen LogP contribution in [0.4, 0.5) is 10.1 Å². The second-order valence-electron chi connectivity index (χ2n) is 9.68. The number of halogens is 1. The first-order valence-corrected chi connectivity index (χ1v) is 13.6. The van der Waals surface area contributed by atoms with Crippen molar-refractivity contribution in [2.24, 2.45) is 0 Å². The highest BCUT2D eigenvalue weighted by Gasteiger charge is 2.28. The van der Waals surface area contributed by atoms with Crippen molar-refractivity contribution in [3.8, 4) is 11.1 Å². The van der Waals surface area contributed by atoms with Crippen LogP contribution in [0, 0.1) is 5.82 Å². The topological polar surface area (TPSA) is 46.3 Å². The average molecular weight is 524 g/mol.